The Morgan fingerprint density at radius 3 is 2.57 bits per heavy atom. The molecule has 0 radical (unpaired) electrons. The largest absolute Gasteiger partial charge is 0.486 e. The van der Waals surface area contributed by atoms with E-state index < -0.39 is 0 Å². The zero-order valence-electron chi connectivity index (χ0n) is 18.1. The van der Waals surface area contributed by atoms with Gasteiger partial charge in [-0.25, -0.2) is 0 Å². The van der Waals surface area contributed by atoms with Crippen molar-refractivity contribution < 1.29 is 24.0 Å². The van der Waals surface area contributed by atoms with Gasteiger partial charge in [0, 0.05) is 19.3 Å². The minimum atomic E-state index is -0.108. The van der Waals surface area contributed by atoms with Crippen molar-refractivity contribution in [3.8, 4) is 11.5 Å². The van der Waals surface area contributed by atoms with E-state index in [-0.39, 0.29) is 24.9 Å². The lowest BCUT2D eigenvalue weighted by molar-refractivity contribution is -0.862. The van der Waals surface area contributed by atoms with Gasteiger partial charge in [0.05, 0.1) is 7.05 Å². The topological polar surface area (TPSA) is 72.3 Å². The number of hydrogen-bond donors (Lipinski definition) is 2. The maximum atomic E-state index is 12.6. The van der Waals surface area contributed by atoms with Crippen LogP contribution in [0.1, 0.15) is 16.7 Å². The summed E-state index contributed by atoms with van der Waals surface area (Å²) in [5.41, 5.74) is 3.97. The summed E-state index contributed by atoms with van der Waals surface area (Å²) in [6.45, 7) is 6.01. The average Bonchev–Trinajstić information content (AvgIpc) is 2.71. The van der Waals surface area contributed by atoms with E-state index in [1.54, 1.807) is 11.9 Å². The number of ether oxygens (including phenoxy) is 2. The molecule has 0 saturated heterocycles. The van der Waals surface area contributed by atoms with Gasteiger partial charge in [0.25, 0.3) is 11.8 Å². The van der Waals surface area contributed by atoms with Crippen LogP contribution in [-0.4, -0.2) is 57.1 Å². The Kier molecular flexibility index (Phi) is 6.95. The number of fused-ring (bicyclic) bond motifs is 1. The molecule has 1 aliphatic heterocycles. The SMILES string of the molecule is Cc1cccc(NC(=O)C[NH+](C)CC(=O)N(C)Cc2ccc3c(c2)OCCO3)c1C. The molecule has 2 N–H and O–H groups in total. The fraction of sp³-hybridized carbons (Fsp3) is 0.391. The number of quaternary nitrogens is 1. The number of aryl methyl sites for hydroxylation is 1. The summed E-state index contributed by atoms with van der Waals surface area (Å²) in [4.78, 5) is 27.5. The summed E-state index contributed by atoms with van der Waals surface area (Å²) in [5.74, 6) is 1.31. The van der Waals surface area contributed by atoms with E-state index in [4.69, 9.17) is 9.47 Å². The maximum Gasteiger partial charge on any atom is 0.279 e. The molecule has 0 aromatic heterocycles. The van der Waals surface area contributed by atoms with Crippen LogP contribution in [0.3, 0.4) is 0 Å². The van der Waals surface area contributed by atoms with Gasteiger partial charge in [0.1, 0.15) is 13.2 Å². The van der Waals surface area contributed by atoms with Gasteiger partial charge in [-0.15, -0.1) is 0 Å². The normalized spacial score (nSPS) is 13.5. The Bertz CT molecular complexity index is 929. The second kappa shape index (κ2) is 9.63. The Balaban J connectivity index is 1.49. The highest BCUT2D eigenvalue weighted by Crippen LogP contribution is 2.31. The molecule has 7 heteroatoms. The molecule has 3 rings (SSSR count). The van der Waals surface area contributed by atoms with Crippen LogP contribution in [0.25, 0.3) is 0 Å². The van der Waals surface area contributed by atoms with Crippen molar-refractivity contribution in [2.75, 3.05) is 45.7 Å². The number of rotatable bonds is 7. The van der Waals surface area contributed by atoms with E-state index in [0.29, 0.717) is 25.5 Å². The van der Waals surface area contributed by atoms with Gasteiger partial charge in [0.15, 0.2) is 24.6 Å². The van der Waals surface area contributed by atoms with Crippen LogP contribution in [0.5, 0.6) is 11.5 Å². The number of benzene rings is 2. The quantitative estimate of drug-likeness (QED) is 0.717. The molecule has 0 saturated carbocycles. The molecule has 2 amide bonds. The molecule has 2 aromatic carbocycles. The molecule has 1 heterocycles. The molecule has 7 nitrogen and oxygen atoms in total. The van der Waals surface area contributed by atoms with Crippen molar-refractivity contribution in [2.45, 2.75) is 20.4 Å². The highest BCUT2D eigenvalue weighted by atomic mass is 16.6. The Labute approximate surface area is 177 Å². The number of carbonyl (C=O) groups is 2. The summed E-state index contributed by atoms with van der Waals surface area (Å²) in [6, 6.07) is 11.5. The van der Waals surface area contributed by atoms with Gasteiger partial charge in [-0.1, -0.05) is 18.2 Å². The van der Waals surface area contributed by atoms with Crippen molar-refractivity contribution >= 4 is 17.5 Å². The fourth-order valence-corrected chi connectivity index (χ4v) is 3.36. The first-order valence-corrected chi connectivity index (χ1v) is 10.1. The monoisotopic (exact) mass is 412 g/mol. The van der Waals surface area contributed by atoms with Crippen LogP contribution in [0.15, 0.2) is 36.4 Å². The van der Waals surface area contributed by atoms with Crippen molar-refractivity contribution in [3.05, 3.63) is 53.1 Å². The maximum absolute atomic E-state index is 12.6. The molecule has 2 aromatic rings. The predicted molar refractivity (Wildman–Crippen MR) is 115 cm³/mol. The number of nitrogens with zero attached hydrogens (tertiary/aromatic N) is 1. The minimum Gasteiger partial charge on any atom is -0.486 e. The second-order valence-corrected chi connectivity index (χ2v) is 7.83. The van der Waals surface area contributed by atoms with E-state index >= 15 is 0 Å². The number of hydrogen-bond acceptors (Lipinski definition) is 4. The number of anilines is 1. The third-order valence-electron chi connectivity index (χ3n) is 5.25. The predicted octanol–water partition coefficient (Wildman–Crippen LogP) is 1.19. The number of nitrogens with one attached hydrogen (secondary N) is 2. The number of amides is 2. The number of likely N-dealkylation sites (N-methyl/N-ethyl adjacent to an activating group) is 2. The second-order valence-electron chi connectivity index (χ2n) is 7.83. The summed E-state index contributed by atoms with van der Waals surface area (Å²) < 4.78 is 11.1. The van der Waals surface area contributed by atoms with Crippen molar-refractivity contribution in [3.63, 3.8) is 0 Å². The molecule has 1 aliphatic rings. The van der Waals surface area contributed by atoms with Crippen LogP contribution in [0.2, 0.25) is 0 Å². The average molecular weight is 413 g/mol. The molecule has 0 spiro atoms. The summed E-state index contributed by atoms with van der Waals surface area (Å²) in [7, 11) is 3.61. The molecule has 30 heavy (non-hydrogen) atoms. The lowest BCUT2D eigenvalue weighted by Crippen LogP contribution is -3.11. The molecule has 1 unspecified atom stereocenters. The van der Waals surface area contributed by atoms with Gasteiger partial charge in [-0.2, -0.15) is 0 Å². The third kappa shape index (κ3) is 5.51. The van der Waals surface area contributed by atoms with E-state index in [2.05, 4.69) is 5.32 Å². The smallest absolute Gasteiger partial charge is 0.279 e. The van der Waals surface area contributed by atoms with Crippen LogP contribution in [0.4, 0.5) is 5.69 Å². The minimum absolute atomic E-state index is 0.0260. The standard InChI is InChI=1S/C23H29N3O4/c1-16-6-5-7-19(17(16)2)24-22(27)14-25(3)15-23(28)26(4)13-18-8-9-20-21(12-18)30-11-10-29-20/h5-9,12H,10-11,13-15H2,1-4H3,(H,24,27)/p+1. The molecule has 0 fully saturated rings. The highest BCUT2D eigenvalue weighted by molar-refractivity contribution is 5.92. The Morgan fingerprint density at radius 1 is 1.07 bits per heavy atom. The van der Waals surface area contributed by atoms with E-state index in [1.165, 1.54) is 0 Å². The first-order chi connectivity index (χ1) is 14.3. The molecule has 1 atom stereocenters. The molecular weight excluding hydrogens is 382 g/mol. The zero-order chi connectivity index (χ0) is 21.7. The van der Waals surface area contributed by atoms with Crippen molar-refractivity contribution in [2.24, 2.45) is 0 Å². The van der Waals surface area contributed by atoms with Crippen LogP contribution < -0.4 is 19.7 Å². The molecule has 160 valence electrons. The summed E-state index contributed by atoms with van der Waals surface area (Å²) >= 11 is 0. The van der Waals surface area contributed by atoms with Gasteiger partial charge in [-0.05, 0) is 48.7 Å². The first-order valence-electron chi connectivity index (χ1n) is 10.1. The van der Waals surface area contributed by atoms with Gasteiger partial charge in [0.2, 0.25) is 0 Å². The summed E-state index contributed by atoms with van der Waals surface area (Å²) in [5, 5.41) is 2.94. The fourth-order valence-electron chi connectivity index (χ4n) is 3.36. The van der Waals surface area contributed by atoms with Gasteiger partial charge >= 0.3 is 0 Å². The molecular formula is C23H30N3O4+. The highest BCUT2D eigenvalue weighted by Gasteiger charge is 2.19. The van der Waals surface area contributed by atoms with E-state index in [1.807, 2.05) is 57.3 Å². The Morgan fingerprint density at radius 2 is 1.80 bits per heavy atom. The lowest BCUT2D eigenvalue weighted by atomic mass is 10.1. The first kappa shape index (κ1) is 21.6. The third-order valence-corrected chi connectivity index (χ3v) is 5.25. The van der Waals surface area contributed by atoms with Gasteiger partial charge < -0.3 is 24.6 Å². The molecule has 0 bridgehead atoms. The van der Waals surface area contributed by atoms with Crippen molar-refractivity contribution in [1.82, 2.24) is 4.90 Å². The lowest BCUT2D eigenvalue weighted by Gasteiger charge is -2.22. The van der Waals surface area contributed by atoms with E-state index in [9.17, 15) is 9.59 Å². The molecule has 0 aliphatic carbocycles. The zero-order valence-corrected chi connectivity index (χ0v) is 18.1. The van der Waals surface area contributed by atoms with E-state index in [0.717, 1.165) is 33.0 Å². The Hall–Kier alpha value is -3.06. The summed E-state index contributed by atoms with van der Waals surface area (Å²) in [6.07, 6.45) is 0. The van der Waals surface area contributed by atoms with Crippen LogP contribution in [0, 0.1) is 13.8 Å². The van der Waals surface area contributed by atoms with Crippen LogP contribution in [-0.2, 0) is 16.1 Å². The number of carbonyl (C=O) groups excluding carboxylic acids is 2. The van der Waals surface area contributed by atoms with Crippen molar-refractivity contribution in [1.29, 1.82) is 0 Å². The van der Waals surface area contributed by atoms with Crippen LogP contribution >= 0.6 is 0 Å². The van der Waals surface area contributed by atoms with Gasteiger partial charge in [-0.3, -0.25) is 9.59 Å².